The molecule has 1 aliphatic carbocycles. The van der Waals surface area contributed by atoms with Crippen molar-refractivity contribution in [2.24, 2.45) is 11.8 Å². The van der Waals surface area contributed by atoms with Crippen LogP contribution in [0, 0.1) is 11.8 Å². The van der Waals surface area contributed by atoms with E-state index in [0.29, 0.717) is 0 Å². The van der Waals surface area contributed by atoms with E-state index < -0.39 is 8.07 Å². The highest BCUT2D eigenvalue weighted by atomic mass is 32.2. The first-order valence-electron chi connectivity index (χ1n) is 9.37. The van der Waals surface area contributed by atoms with Gasteiger partial charge in [-0.15, -0.1) is 0 Å². The summed E-state index contributed by atoms with van der Waals surface area (Å²) < 4.78 is 0. The van der Waals surface area contributed by atoms with Gasteiger partial charge in [0.25, 0.3) is 0 Å². The maximum Gasteiger partial charge on any atom is 0.0839 e. The molecular formula is C22H28SSi. The molecule has 0 amide bonds. The third-order valence-corrected chi connectivity index (χ3v) is 12.5. The molecule has 2 aliphatic rings. The summed E-state index contributed by atoms with van der Waals surface area (Å²) in [6.07, 6.45) is 4.20. The van der Waals surface area contributed by atoms with Crippen LogP contribution in [0.2, 0.25) is 18.6 Å². The van der Waals surface area contributed by atoms with Crippen molar-refractivity contribution in [1.82, 2.24) is 0 Å². The largest absolute Gasteiger partial charge is 0.158 e. The molecule has 1 aliphatic heterocycles. The lowest BCUT2D eigenvalue weighted by Gasteiger charge is -2.34. The lowest BCUT2D eigenvalue weighted by Crippen LogP contribution is -2.47. The molecule has 24 heavy (non-hydrogen) atoms. The maximum atomic E-state index is 2.62. The lowest BCUT2D eigenvalue weighted by atomic mass is 9.91. The summed E-state index contributed by atoms with van der Waals surface area (Å²) in [6, 6.07) is 22.5. The average Bonchev–Trinajstić information content (AvgIpc) is 3.20. The molecule has 0 nitrogen and oxygen atoms in total. The molecule has 2 aromatic rings. The Labute approximate surface area is 152 Å². The third-order valence-electron chi connectivity index (χ3n) is 6.58. The summed E-state index contributed by atoms with van der Waals surface area (Å²) in [5.74, 6) is 3.32. The summed E-state index contributed by atoms with van der Waals surface area (Å²) >= 11 is 2.27. The number of hydrogen-bond acceptors (Lipinski definition) is 1. The highest BCUT2D eigenvalue weighted by Gasteiger charge is 2.50. The minimum Gasteiger partial charge on any atom is -0.158 e. The molecule has 0 aromatic heterocycles. The van der Waals surface area contributed by atoms with E-state index in [2.05, 4.69) is 85.5 Å². The van der Waals surface area contributed by atoms with Gasteiger partial charge in [0, 0.05) is 5.25 Å². The average molecular weight is 353 g/mol. The first-order valence-corrected chi connectivity index (χ1v) is 13.5. The Morgan fingerprint density at radius 2 is 1.54 bits per heavy atom. The minimum absolute atomic E-state index is 0.850. The highest BCUT2D eigenvalue weighted by molar-refractivity contribution is 8.00. The van der Waals surface area contributed by atoms with E-state index in [1.54, 1.807) is 5.19 Å². The van der Waals surface area contributed by atoms with E-state index in [0.717, 1.165) is 22.6 Å². The Bertz CT molecular complexity index is 667. The molecule has 0 spiro atoms. The molecule has 0 N–H and O–H groups in total. The lowest BCUT2D eigenvalue weighted by molar-refractivity contribution is 0.430. The fraction of sp³-hybridized carbons (Fsp3) is 0.455. The van der Waals surface area contributed by atoms with Crippen molar-refractivity contribution >= 4 is 25.0 Å². The van der Waals surface area contributed by atoms with Crippen LogP contribution in [0.25, 0.3) is 0 Å². The van der Waals surface area contributed by atoms with Crippen LogP contribution in [0.3, 0.4) is 0 Å². The fourth-order valence-electron chi connectivity index (χ4n) is 5.19. The number of fused-ring (bicyclic) bond motifs is 1. The number of thioether (sulfide) groups is 1. The Kier molecular flexibility index (Phi) is 4.61. The summed E-state index contributed by atoms with van der Waals surface area (Å²) in [7, 11) is -1.37. The number of rotatable bonds is 4. The predicted octanol–water partition coefficient (Wildman–Crippen LogP) is 5.36. The van der Waals surface area contributed by atoms with E-state index in [1.165, 1.54) is 30.6 Å². The normalized spacial score (nSPS) is 29.6. The van der Waals surface area contributed by atoms with Crippen LogP contribution >= 0.6 is 11.8 Å². The van der Waals surface area contributed by atoms with Crippen molar-refractivity contribution in [3.63, 3.8) is 0 Å². The van der Waals surface area contributed by atoms with Gasteiger partial charge in [-0.25, -0.2) is 0 Å². The van der Waals surface area contributed by atoms with Crippen LogP contribution in [0.1, 0.15) is 18.4 Å². The third kappa shape index (κ3) is 2.99. The SMILES string of the molecule is C[Si](C)(c1ccccc1)[C@H]1CC[C@@H]2C(Cc3ccccc3)SC[C@@H]21. The number of hydrogen-bond donors (Lipinski definition) is 0. The topological polar surface area (TPSA) is 0 Å². The fourth-order valence-corrected chi connectivity index (χ4v) is 11.0. The molecule has 0 bridgehead atoms. The van der Waals surface area contributed by atoms with Crippen LogP contribution < -0.4 is 5.19 Å². The molecule has 1 heterocycles. The van der Waals surface area contributed by atoms with Gasteiger partial charge in [-0.05, 0) is 41.5 Å². The number of benzene rings is 2. The van der Waals surface area contributed by atoms with Crippen LogP contribution in [0.4, 0.5) is 0 Å². The molecule has 126 valence electrons. The zero-order valence-corrected chi connectivity index (χ0v) is 16.6. The van der Waals surface area contributed by atoms with Gasteiger partial charge in [0.15, 0.2) is 0 Å². The van der Waals surface area contributed by atoms with Gasteiger partial charge in [-0.1, -0.05) is 85.4 Å². The van der Waals surface area contributed by atoms with E-state index in [1.807, 2.05) is 0 Å². The summed E-state index contributed by atoms with van der Waals surface area (Å²) in [5, 5.41) is 2.51. The second-order valence-electron chi connectivity index (χ2n) is 8.16. The monoisotopic (exact) mass is 352 g/mol. The Balaban J connectivity index is 1.50. The Hall–Kier alpha value is -0.993. The van der Waals surface area contributed by atoms with Crippen LogP contribution in [-0.4, -0.2) is 19.1 Å². The van der Waals surface area contributed by atoms with Gasteiger partial charge >= 0.3 is 0 Å². The van der Waals surface area contributed by atoms with Gasteiger partial charge in [-0.2, -0.15) is 11.8 Å². The van der Waals surface area contributed by atoms with Crippen LogP contribution in [0.15, 0.2) is 60.7 Å². The highest BCUT2D eigenvalue weighted by Crippen LogP contribution is 2.56. The Morgan fingerprint density at radius 3 is 2.25 bits per heavy atom. The molecule has 2 aromatic carbocycles. The first kappa shape index (κ1) is 16.5. The zero-order chi connectivity index (χ0) is 16.6. The molecule has 4 atom stereocenters. The first-order chi connectivity index (χ1) is 11.7. The van der Waals surface area contributed by atoms with Crippen molar-refractivity contribution in [2.45, 2.75) is 43.1 Å². The maximum absolute atomic E-state index is 2.62. The van der Waals surface area contributed by atoms with E-state index in [9.17, 15) is 0 Å². The molecule has 0 radical (unpaired) electrons. The summed E-state index contributed by atoms with van der Waals surface area (Å²) in [6.45, 7) is 5.23. The predicted molar refractivity (Wildman–Crippen MR) is 110 cm³/mol. The molecule has 1 saturated carbocycles. The smallest absolute Gasteiger partial charge is 0.0839 e. The van der Waals surface area contributed by atoms with Crippen molar-refractivity contribution in [3.05, 3.63) is 66.2 Å². The van der Waals surface area contributed by atoms with Gasteiger partial charge in [-0.3, -0.25) is 0 Å². The molecule has 1 unspecified atom stereocenters. The molecule has 2 heteroatoms. The van der Waals surface area contributed by atoms with Crippen molar-refractivity contribution < 1.29 is 0 Å². The zero-order valence-electron chi connectivity index (χ0n) is 14.8. The Morgan fingerprint density at radius 1 is 0.875 bits per heavy atom. The van der Waals surface area contributed by atoms with Crippen molar-refractivity contribution in [3.8, 4) is 0 Å². The second kappa shape index (κ2) is 6.72. The van der Waals surface area contributed by atoms with Gasteiger partial charge in [0.05, 0.1) is 8.07 Å². The van der Waals surface area contributed by atoms with Crippen molar-refractivity contribution in [1.29, 1.82) is 0 Å². The van der Waals surface area contributed by atoms with Gasteiger partial charge in [0.1, 0.15) is 0 Å². The standard InChI is InChI=1S/C22H28SSi/c1-24(2,18-11-7-4-8-12-18)22-14-13-19-20(22)16-23-21(19)15-17-9-5-3-6-10-17/h3-12,19-22H,13-16H2,1-2H3/t19-,20-,21?,22-/m0/s1. The van der Waals surface area contributed by atoms with E-state index in [-0.39, 0.29) is 0 Å². The second-order valence-corrected chi connectivity index (χ2v) is 14.2. The van der Waals surface area contributed by atoms with E-state index in [4.69, 9.17) is 0 Å². The molecule has 1 saturated heterocycles. The van der Waals surface area contributed by atoms with Crippen LogP contribution in [-0.2, 0) is 6.42 Å². The van der Waals surface area contributed by atoms with Gasteiger partial charge < -0.3 is 0 Å². The summed E-state index contributed by atoms with van der Waals surface area (Å²) in [5.41, 5.74) is 2.50. The van der Waals surface area contributed by atoms with E-state index >= 15 is 0 Å². The summed E-state index contributed by atoms with van der Waals surface area (Å²) in [4.78, 5) is 0. The molecule has 4 rings (SSSR count). The molecule has 2 fully saturated rings. The van der Waals surface area contributed by atoms with Crippen LogP contribution in [0.5, 0.6) is 0 Å². The minimum atomic E-state index is -1.37. The quantitative estimate of drug-likeness (QED) is 0.668. The van der Waals surface area contributed by atoms with Gasteiger partial charge in [0.2, 0.25) is 0 Å². The molecular weight excluding hydrogens is 324 g/mol. The van der Waals surface area contributed by atoms with Crippen molar-refractivity contribution in [2.75, 3.05) is 5.75 Å².